The Hall–Kier alpha value is -2.06. The number of thiocarbonyl (C=S) groups is 1. The van der Waals surface area contributed by atoms with Crippen LogP contribution in [0, 0.1) is 10.1 Å². The van der Waals surface area contributed by atoms with E-state index in [1.807, 2.05) is 0 Å². The lowest BCUT2D eigenvalue weighted by Gasteiger charge is -2.09. The monoisotopic (exact) mass is 325 g/mol. The van der Waals surface area contributed by atoms with E-state index >= 15 is 0 Å². The first kappa shape index (κ1) is 12.7. The highest BCUT2D eigenvalue weighted by atomic mass is 32.2. The molecule has 0 saturated carbocycles. The molecule has 8 heteroatoms. The first-order valence-electron chi connectivity index (χ1n) is 6.65. The summed E-state index contributed by atoms with van der Waals surface area (Å²) in [6.07, 6.45) is 1.57. The summed E-state index contributed by atoms with van der Waals surface area (Å²) in [5, 5.41) is 13.8. The number of benzene rings is 1. The van der Waals surface area contributed by atoms with Gasteiger partial charge in [0.25, 0.3) is 5.69 Å². The SMILES string of the molecule is [2H]C([2H])(F)Sc1cc(NC(=S)c2ccccn2)ccc1[N+](=O)[O-]. The Bertz CT molecular complexity index is 742. The lowest BCUT2D eigenvalue weighted by atomic mass is 10.2. The molecule has 0 aliphatic carbocycles. The Kier molecular flexibility index (Phi) is 4.28. The van der Waals surface area contributed by atoms with Gasteiger partial charge in [0, 0.05) is 18.0 Å². The van der Waals surface area contributed by atoms with Gasteiger partial charge < -0.3 is 5.32 Å². The van der Waals surface area contributed by atoms with Gasteiger partial charge in [-0.3, -0.25) is 15.1 Å². The van der Waals surface area contributed by atoms with Crippen LogP contribution < -0.4 is 5.32 Å². The minimum absolute atomic E-state index is 0.119. The van der Waals surface area contributed by atoms with E-state index in [0.717, 1.165) is 6.07 Å². The van der Waals surface area contributed by atoms with Crippen molar-refractivity contribution in [2.24, 2.45) is 0 Å². The molecule has 1 aromatic carbocycles. The van der Waals surface area contributed by atoms with Crippen LogP contribution in [0.4, 0.5) is 15.8 Å². The summed E-state index contributed by atoms with van der Waals surface area (Å²) >= 11 is 5.30. The molecule has 5 nitrogen and oxygen atoms in total. The third-order valence-electron chi connectivity index (χ3n) is 2.46. The maximum atomic E-state index is 13.2. The molecule has 108 valence electrons. The number of nitrogens with zero attached hydrogens (tertiary/aromatic N) is 2. The molecular formula is C13H10FN3O2S2. The standard InChI is InChI=1S/C13H10FN3O2S2/c14-8-21-12-7-9(4-5-11(12)17(18)19)16-13(20)10-3-1-2-6-15-10/h1-7H,8H2,(H,16,20)/i8D2. The van der Waals surface area contributed by atoms with Crippen molar-refractivity contribution in [3.63, 3.8) is 0 Å². The van der Waals surface area contributed by atoms with Crippen LogP contribution in [0.2, 0.25) is 0 Å². The Morgan fingerprint density at radius 1 is 1.52 bits per heavy atom. The molecule has 0 radical (unpaired) electrons. The molecule has 2 rings (SSSR count). The van der Waals surface area contributed by atoms with Crippen LogP contribution in [0.15, 0.2) is 47.5 Å². The smallest absolute Gasteiger partial charge is 0.283 e. The van der Waals surface area contributed by atoms with E-state index in [9.17, 15) is 14.5 Å². The highest BCUT2D eigenvalue weighted by molar-refractivity contribution is 7.99. The lowest BCUT2D eigenvalue weighted by molar-refractivity contribution is -0.387. The minimum atomic E-state index is -3.13. The predicted octanol–water partition coefficient (Wildman–Crippen LogP) is 3.80. The van der Waals surface area contributed by atoms with E-state index in [-0.39, 0.29) is 22.3 Å². The number of hydrogen-bond donors (Lipinski definition) is 1. The molecule has 0 fully saturated rings. The van der Waals surface area contributed by atoms with Crippen molar-refractivity contribution in [2.75, 3.05) is 11.3 Å². The van der Waals surface area contributed by atoms with Crippen molar-refractivity contribution in [2.45, 2.75) is 4.90 Å². The maximum absolute atomic E-state index is 13.2. The van der Waals surface area contributed by atoms with Crippen molar-refractivity contribution in [3.05, 3.63) is 58.4 Å². The molecule has 0 unspecified atom stereocenters. The molecule has 0 aliphatic rings. The van der Waals surface area contributed by atoms with Crippen molar-refractivity contribution >= 4 is 40.3 Å². The maximum Gasteiger partial charge on any atom is 0.283 e. The number of nitrogens with one attached hydrogen (secondary N) is 1. The first-order valence-corrected chi connectivity index (χ1v) is 6.87. The van der Waals surface area contributed by atoms with E-state index in [2.05, 4.69) is 10.3 Å². The van der Waals surface area contributed by atoms with E-state index in [4.69, 9.17) is 15.0 Å². The van der Waals surface area contributed by atoms with Gasteiger partial charge in [-0.15, -0.1) is 0 Å². The molecule has 0 amide bonds. The molecule has 0 atom stereocenters. The molecule has 0 saturated heterocycles. The summed E-state index contributed by atoms with van der Waals surface area (Å²) in [6.45, 7) is 0. The van der Waals surface area contributed by atoms with Crippen LogP contribution >= 0.6 is 24.0 Å². The molecule has 21 heavy (non-hydrogen) atoms. The molecule has 1 heterocycles. The molecular weight excluding hydrogens is 313 g/mol. The molecule has 1 aromatic heterocycles. The van der Waals surface area contributed by atoms with E-state index < -0.39 is 10.9 Å². The van der Waals surface area contributed by atoms with E-state index in [1.165, 1.54) is 12.1 Å². The third kappa shape index (κ3) is 3.96. The van der Waals surface area contributed by atoms with Crippen LogP contribution in [0.3, 0.4) is 0 Å². The Labute approximate surface area is 132 Å². The van der Waals surface area contributed by atoms with Crippen LogP contribution in [-0.4, -0.2) is 20.9 Å². The first-order chi connectivity index (χ1) is 10.8. The molecule has 0 aliphatic heterocycles. The number of rotatable bonds is 5. The van der Waals surface area contributed by atoms with E-state index in [1.54, 1.807) is 24.4 Å². The quantitative estimate of drug-likeness (QED) is 0.390. The zero-order chi connectivity index (χ0) is 17.0. The number of aromatic nitrogens is 1. The largest absolute Gasteiger partial charge is 0.345 e. The number of nitro benzene ring substituents is 1. The van der Waals surface area contributed by atoms with E-state index in [0.29, 0.717) is 16.4 Å². The number of anilines is 1. The Morgan fingerprint density at radius 3 is 2.95 bits per heavy atom. The average Bonchev–Trinajstić information content (AvgIpc) is 2.46. The second-order valence-corrected chi connectivity index (χ2v) is 4.99. The van der Waals surface area contributed by atoms with Gasteiger partial charge in [-0.25, -0.2) is 4.39 Å². The van der Waals surface area contributed by atoms with Crippen LogP contribution in [0.25, 0.3) is 0 Å². The third-order valence-corrected chi connectivity index (χ3v) is 3.40. The predicted molar refractivity (Wildman–Crippen MR) is 84.5 cm³/mol. The molecule has 2 aromatic rings. The fourth-order valence-corrected chi connectivity index (χ4v) is 2.31. The van der Waals surface area contributed by atoms with Gasteiger partial charge >= 0.3 is 0 Å². The van der Waals surface area contributed by atoms with Crippen molar-refractivity contribution < 1.29 is 12.1 Å². The molecule has 0 spiro atoms. The number of halogens is 1. The average molecular weight is 325 g/mol. The molecule has 0 bridgehead atoms. The van der Waals surface area contributed by atoms with Crippen LogP contribution in [-0.2, 0) is 0 Å². The summed E-state index contributed by atoms with van der Waals surface area (Å²) in [6, 6.07) is 9.02. The van der Waals surface area contributed by atoms with Crippen molar-refractivity contribution in [3.8, 4) is 0 Å². The number of hydrogen-bond acceptors (Lipinski definition) is 5. The zero-order valence-electron chi connectivity index (χ0n) is 12.4. The highest BCUT2D eigenvalue weighted by Gasteiger charge is 2.15. The Morgan fingerprint density at radius 2 is 2.33 bits per heavy atom. The summed E-state index contributed by atoms with van der Waals surface area (Å²) in [5.41, 5.74) is 0.500. The van der Waals surface area contributed by atoms with Crippen LogP contribution in [0.1, 0.15) is 8.44 Å². The summed E-state index contributed by atoms with van der Waals surface area (Å²) < 4.78 is 27.1. The topological polar surface area (TPSA) is 68.1 Å². The van der Waals surface area contributed by atoms with Gasteiger partial charge in [0.15, 0.2) is 0 Å². The number of pyridine rings is 1. The van der Waals surface area contributed by atoms with Gasteiger partial charge in [0.05, 0.1) is 18.3 Å². The Balaban J connectivity index is 2.28. The van der Waals surface area contributed by atoms with Gasteiger partial charge in [-0.05, 0) is 24.3 Å². The van der Waals surface area contributed by atoms with Crippen molar-refractivity contribution in [1.82, 2.24) is 4.98 Å². The van der Waals surface area contributed by atoms with Gasteiger partial charge in [-0.1, -0.05) is 30.0 Å². The summed E-state index contributed by atoms with van der Waals surface area (Å²) in [7, 11) is 0. The lowest BCUT2D eigenvalue weighted by Crippen LogP contribution is -2.12. The molecule has 1 N–H and O–H groups in total. The highest BCUT2D eigenvalue weighted by Crippen LogP contribution is 2.32. The van der Waals surface area contributed by atoms with Gasteiger partial charge in [-0.2, -0.15) is 0 Å². The van der Waals surface area contributed by atoms with Gasteiger partial charge in [0.2, 0.25) is 0 Å². The number of thioether (sulfide) groups is 1. The number of nitro groups is 1. The summed E-state index contributed by atoms with van der Waals surface area (Å²) in [5.74, 6) is -3.13. The zero-order valence-corrected chi connectivity index (χ0v) is 12.1. The second-order valence-electron chi connectivity index (χ2n) is 3.79. The number of alkyl halides is 1. The van der Waals surface area contributed by atoms with Gasteiger partial charge in [0.1, 0.15) is 10.9 Å². The normalized spacial score (nSPS) is 12.2. The second kappa shape index (κ2) is 7.09. The summed E-state index contributed by atoms with van der Waals surface area (Å²) in [4.78, 5) is 14.5. The fourth-order valence-electron chi connectivity index (χ4n) is 1.56. The van der Waals surface area contributed by atoms with Crippen LogP contribution in [0.5, 0.6) is 0 Å². The fraction of sp³-hybridized carbons (Fsp3) is 0.0769. The minimum Gasteiger partial charge on any atom is -0.345 e. The van der Waals surface area contributed by atoms with Crippen molar-refractivity contribution in [1.29, 1.82) is 0 Å².